The van der Waals surface area contributed by atoms with E-state index >= 15 is 0 Å². The van der Waals surface area contributed by atoms with Gasteiger partial charge in [-0.25, -0.2) is 4.79 Å². The topological polar surface area (TPSA) is 41.6 Å². The van der Waals surface area contributed by atoms with Gasteiger partial charge in [0.25, 0.3) is 0 Å². The standard InChI is InChI=1S/C19H32N2O2/c1-15(16-11-9-8-10-12-16)20-13-14-21(18(2,3)4)17(22)23-19(5,6)7/h8-12,15,20H,13-14H2,1-7H3. The van der Waals surface area contributed by atoms with Crippen molar-refractivity contribution in [1.29, 1.82) is 0 Å². The SMILES string of the molecule is CC(NCCN(C(=O)OC(C)(C)C)C(C)(C)C)c1ccccc1. The normalized spacial score (nSPS) is 13.5. The summed E-state index contributed by atoms with van der Waals surface area (Å²) in [6.45, 7) is 15.2. The van der Waals surface area contributed by atoms with Crippen molar-refractivity contribution in [2.24, 2.45) is 0 Å². The highest BCUT2D eigenvalue weighted by atomic mass is 16.6. The molecule has 0 aromatic heterocycles. The number of nitrogens with one attached hydrogen (secondary N) is 1. The predicted octanol–water partition coefficient (Wildman–Crippen LogP) is 4.37. The summed E-state index contributed by atoms with van der Waals surface area (Å²) in [5, 5.41) is 3.47. The molecule has 0 aliphatic carbocycles. The Labute approximate surface area is 141 Å². The predicted molar refractivity (Wildman–Crippen MR) is 95.6 cm³/mol. The summed E-state index contributed by atoms with van der Waals surface area (Å²) < 4.78 is 5.53. The van der Waals surface area contributed by atoms with E-state index in [2.05, 4.69) is 24.4 Å². The second-order valence-corrected chi connectivity index (χ2v) is 7.89. The Morgan fingerprint density at radius 3 is 2.17 bits per heavy atom. The molecule has 1 N–H and O–H groups in total. The van der Waals surface area contributed by atoms with E-state index in [4.69, 9.17) is 4.74 Å². The van der Waals surface area contributed by atoms with Gasteiger partial charge in [0, 0.05) is 24.7 Å². The highest BCUT2D eigenvalue weighted by molar-refractivity contribution is 5.69. The van der Waals surface area contributed by atoms with E-state index in [0.29, 0.717) is 13.1 Å². The molecule has 0 spiro atoms. The lowest BCUT2D eigenvalue weighted by Gasteiger charge is -2.37. The molecule has 1 atom stereocenters. The summed E-state index contributed by atoms with van der Waals surface area (Å²) in [6.07, 6.45) is -0.265. The molecule has 1 amide bonds. The van der Waals surface area contributed by atoms with Gasteiger partial charge in [-0.2, -0.15) is 0 Å². The number of amides is 1. The van der Waals surface area contributed by atoms with Gasteiger partial charge in [0.1, 0.15) is 5.60 Å². The van der Waals surface area contributed by atoms with E-state index in [1.54, 1.807) is 4.90 Å². The number of carbonyl (C=O) groups excluding carboxylic acids is 1. The number of hydrogen-bond acceptors (Lipinski definition) is 3. The number of carbonyl (C=O) groups is 1. The molecular weight excluding hydrogens is 288 g/mol. The summed E-state index contributed by atoms with van der Waals surface area (Å²) in [5.41, 5.74) is 0.484. The Bertz CT molecular complexity index is 486. The Morgan fingerprint density at radius 2 is 1.70 bits per heavy atom. The van der Waals surface area contributed by atoms with Crippen LogP contribution in [0.15, 0.2) is 30.3 Å². The van der Waals surface area contributed by atoms with E-state index < -0.39 is 5.60 Å². The lowest BCUT2D eigenvalue weighted by Crippen LogP contribution is -2.50. The van der Waals surface area contributed by atoms with Crippen LogP contribution in [0.5, 0.6) is 0 Å². The molecule has 0 radical (unpaired) electrons. The first-order chi connectivity index (χ1) is 10.5. The largest absolute Gasteiger partial charge is 0.444 e. The molecular formula is C19H32N2O2. The second-order valence-electron chi connectivity index (χ2n) is 7.89. The number of nitrogens with zero attached hydrogens (tertiary/aromatic N) is 1. The van der Waals surface area contributed by atoms with Gasteiger partial charge in [-0.3, -0.25) is 0 Å². The van der Waals surface area contributed by atoms with Crippen LogP contribution < -0.4 is 5.32 Å². The Hall–Kier alpha value is -1.55. The Morgan fingerprint density at radius 1 is 1.13 bits per heavy atom. The molecule has 130 valence electrons. The van der Waals surface area contributed by atoms with Crippen LogP contribution in [0.3, 0.4) is 0 Å². The quantitative estimate of drug-likeness (QED) is 0.875. The maximum Gasteiger partial charge on any atom is 0.410 e. The van der Waals surface area contributed by atoms with Crippen LogP contribution in [0.1, 0.15) is 60.1 Å². The summed E-state index contributed by atoms with van der Waals surface area (Å²) in [4.78, 5) is 14.2. The van der Waals surface area contributed by atoms with Crippen molar-refractivity contribution >= 4 is 6.09 Å². The van der Waals surface area contributed by atoms with Crippen LogP contribution in [0.4, 0.5) is 4.79 Å². The Balaban J connectivity index is 2.60. The molecule has 4 heteroatoms. The molecule has 0 fully saturated rings. The van der Waals surface area contributed by atoms with Gasteiger partial charge in [-0.15, -0.1) is 0 Å². The molecule has 1 unspecified atom stereocenters. The smallest absolute Gasteiger partial charge is 0.410 e. The maximum absolute atomic E-state index is 12.4. The number of ether oxygens (including phenoxy) is 1. The van der Waals surface area contributed by atoms with Crippen LogP contribution in [-0.2, 0) is 4.74 Å². The van der Waals surface area contributed by atoms with E-state index in [1.807, 2.05) is 59.7 Å². The van der Waals surface area contributed by atoms with Crippen molar-refractivity contribution in [3.63, 3.8) is 0 Å². The maximum atomic E-state index is 12.4. The molecule has 1 aromatic rings. The molecule has 4 nitrogen and oxygen atoms in total. The van der Waals surface area contributed by atoms with Crippen molar-refractivity contribution in [2.45, 2.75) is 65.6 Å². The zero-order valence-electron chi connectivity index (χ0n) is 15.6. The van der Waals surface area contributed by atoms with Crippen LogP contribution in [0.25, 0.3) is 0 Å². The average Bonchev–Trinajstić information content (AvgIpc) is 2.40. The van der Waals surface area contributed by atoms with Gasteiger partial charge in [0.05, 0.1) is 0 Å². The number of rotatable bonds is 5. The van der Waals surface area contributed by atoms with E-state index in [1.165, 1.54) is 5.56 Å². The lowest BCUT2D eigenvalue weighted by molar-refractivity contribution is 0.00649. The fourth-order valence-electron chi connectivity index (χ4n) is 2.27. The summed E-state index contributed by atoms with van der Waals surface area (Å²) >= 11 is 0. The average molecular weight is 320 g/mol. The molecule has 0 aliphatic rings. The molecule has 0 aliphatic heterocycles. The molecule has 0 bridgehead atoms. The minimum absolute atomic E-state index is 0.247. The second kappa shape index (κ2) is 7.82. The molecule has 1 aromatic carbocycles. The molecule has 0 heterocycles. The van der Waals surface area contributed by atoms with E-state index in [0.717, 1.165) is 0 Å². The van der Waals surface area contributed by atoms with Crippen LogP contribution in [-0.4, -0.2) is 35.2 Å². The van der Waals surface area contributed by atoms with E-state index in [-0.39, 0.29) is 17.7 Å². The molecule has 0 saturated heterocycles. The fourth-order valence-corrected chi connectivity index (χ4v) is 2.27. The third-order valence-corrected chi connectivity index (χ3v) is 3.51. The molecule has 0 saturated carbocycles. The van der Waals surface area contributed by atoms with E-state index in [9.17, 15) is 4.79 Å². The summed E-state index contributed by atoms with van der Waals surface area (Å²) in [5.74, 6) is 0. The number of hydrogen-bond donors (Lipinski definition) is 1. The van der Waals surface area contributed by atoms with Gasteiger partial charge in [0.2, 0.25) is 0 Å². The van der Waals surface area contributed by atoms with Crippen LogP contribution >= 0.6 is 0 Å². The van der Waals surface area contributed by atoms with Gasteiger partial charge in [-0.1, -0.05) is 30.3 Å². The number of benzene rings is 1. The van der Waals surface area contributed by atoms with Gasteiger partial charge in [-0.05, 0) is 54.0 Å². The van der Waals surface area contributed by atoms with Crippen molar-refractivity contribution in [3.8, 4) is 0 Å². The first-order valence-corrected chi connectivity index (χ1v) is 8.29. The minimum atomic E-state index is -0.481. The van der Waals surface area contributed by atoms with Gasteiger partial charge < -0.3 is 15.0 Å². The summed E-state index contributed by atoms with van der Waals surface area (Å²) in [6, 6.07) is 10.5. The summed E-state index contributed by atoms with van der Waals surface area (Å²) in [7, 11) is 0. The van der Waals surface area contributed by atoms with Crippen molar-refractivity contribution < 1.29 is 9.53 Å². The third-order valence-electron chi connectivity index (χ3n) is 3.51. The first-order valence-electron chi connectivity index (χ1n) is 8.29. The van der Waals surface area contributed by atoms with Crippen molar-refractivity contribution in [1.82, 2.24) is 10.2 Å². The lowest BCUT2D eigenvalue weighted by atomic mass is 10.1. The fraction of sp³-hybridized carbons (Fsp3) is 0.632. The van der Waals surface area contributed by atoms with Gasteiger partial charge >= 0.3 is 6.09 Å². The molecule has 1 rings (SSSR count). The highest BCUT2D eigenvalue weighted by Crippen LogP contribution is 2.18. The Kier molecular flexibility index (Phi) is 6.63. The van der Waals surface area contributed by atoms with Gasteiger partial charge in [0.15, 0.2) is 0 Å². The zero-order valence-corrected chi connectivity index (χ0v) is 15.6. The van der Waals surface area contributed by atoms with Crippen molar-refractivity contribution in [2.75, 3.05) is 13.1 Å². The first kappa shape index (κ1) is 19.5. The third kappa shape index (κ3) is 7.04. The van der Waals surface area contributed by atoms with Crippen molar-refractivity contribution in [3.05, 3.63) is 35.9 Å². The molecule has 23 heavy (non-hydrogen) atoms. The zero-order chi connectivity index (χ0) is 17.7. The highest BCUT2D eigenvalue weighted by Gasteiger charge is 2.30. The van der Waals surface area contributed by atoms with Crippen LogP contribution in [0.2, 0.25) is 0 Å². The minimum Gasteiger partial charge on any atom is -0.444 e. The van der Waals surface area contributed by atoms with Crippen LogP contribution in [0, 0.1) is 0 Å². The monoisotopic (exact) mass is 320 g/mol.